The predicted octanol–water partition coefficient (Wildman–Crippen LogP) is 4.90. The van der Waals surface area contributed by atoms with Crippen molar-refractivity contribution in [1.29, 1.82) is 0 Å². The number of thiazole rings is 1. The third-order valence-corrected chi connectivity index (χ3v) is 4.83. The highest BCUT2D eigenvalue weighted by molar-refractivity contribution is 7.80. The summed E-state index contributed by atoms with van der Waals surface area (Å²) in [4.78, 5) is 26.8. The van der Waals surface area contributed by atoms with Crippen LogP contribution in [0.4, 0.5) is 10.8 Å². The Bertz CT molecular complexity index is 1100. The Labute approximate surface area is 180 Å². The molecule has 0 bridgehead atoms. The number of benzene rings is 2. The Kier molecular flexibility index (Phi) is 6.65. The van der Waals surface area contributed by atoms with Gasteiger partial charge < -0.3 is 5.32 Å². The zero-order valence-corrected chi connectivity index (χ0v) is 17.1. The van der Waals surface area contributed by atoms with Crippen molar-refractivity contribution >= 4 is 63.1 Å². The number of non-ortho nitro benzene ring substituents is 1. The van der Waals surface area contributed by atoms with Crippen molar-refractivity contribution in [3.8, 4) is 11.3 Å². The molecule has 2 N–H and O–H groups in total. The number of thiocarbonyl (C=S) groups is 1. The molecule has 29 heavy (non-hydrogen) atoms. The van der Waals surface area contributed by atoms with Crippen LogP contribution >= 0.6 is 35.2 Å². The van der Waals surface area contributed by atoms with Gasteiger partial charge in [0.2, 0.25) is 5.91 Å². The summed E-state index contributed by atoms with van der Waals surface area (Å²) in [5, 5.41) is 19.2. The molecule has 1 aromatic heterocycles. The van der Waals surface area contributed by atoms with Crippen molar-refractivity contribution in [2.75, 3.05) is 5.32 Å². The zero-order chi connectivity index (χ0) is 20.8. The van der Waals surface area contributed by atoms with E-state index in [4.69, 9.17) is 23.8 Å². The second-order valence-corrected chi connectivity index (χ2v) is 7.38. The van der Waals surface area contributed by atoms with Crippen LogP contribution in [-0.2, 0) is 4.79 Å². The topological polar surface area (TPSA) is 97.2 Å². The Morgan fingerprint density at radius 1 is 1.24 bits per heavy atom. The van der Waals surface area contributed by atoms with Crippen molar-refractivity contribution in [3.63, 3.8) is 0 Å². The van der Waals surface area contributed by atoms with Crippen molar-refractivity contribution < 1.29 is 9.72 Å². The molecule has 2 aromatic carbocycles. The van der Waals surface area contributed by atoms with Gasteiger partial charge in [-0.05, 0) is 36.0 Å². The summed E-state index contributed by atoms with van der Waals surface area (Å²) in [5.41, 5.74) is 1.99. The lowest BCUT2D eigenvalue weighted by Crippen LogP contribution is -2.32. The van der Waals surface area contributed by atoms with Crippen LogP contribution in [0.15, 0.2) is 60.0 Å². The highest BCUT2D eigenvalue weighted by Crippen LogP contribution is 2.27. The van der Waals surface area contributed by atoms with Crippen molar-refractivity contribution in [3.05, 3.63) is 80.7 Å². The highest BCUT2D eigenvalue weighted by atomic mass is 35.5. The Morgan fingerprint density at radius 2 is 2.00 bits per heavy atom. The number of anilines is 1. The summed E-state index contributed by atoms with van der Waals surface area (Å²) in [6, 6.07) is 13.2. The number of nitrogens with zero attached hydrogens (tertiary/aromatic N) is 2. The first-order valence-corrected chi connectivity index (χ1v) is 9.83. The quantitative estimate of drug-likeness (QED) is 0.251. The van der Waals surface area contributed by atoms with Crippen LogP contribution < -0.4 is 10.6 Å². The third kappa shape index (κ3) is 5.92. The Morgan fingerprint density at radius 3 is 2.72 bits per heavy atom. The lowest BCUT2D eigenvalue weighted by Gasteiger charge is -2.04. The van der Waals surface area contributed by atoms with Gasteiger partial charge in [-0.2, -0.15) is 0 Å². The van der Waals surface area contributed by atoms with Crippen LogP contribution in [-0.4, -0.2) is 20.9 Å². The van der Waals surface area contributed by atoms with E-state index in [1.165, 1.54) is 29.5 Å². The van der Waals surface area contributed by atoms with Crippen LogP contribution in [0.25, 0.3) is 17.3 Å². The number of carbonyl (C=O) groups is 1. The normalized spacial score (nSPS) is 10.7. The second-order valence-electron chi connectivity index (χ2n) is 5.67. The Hall–Kier alpha value is -3.14. The first kappa shape index (κ1) is 20.6. The first-order valence-electron chi connectivity index (χ1n) is 8.17. The van der Waals surface area contributed by atoms with Crippen molar-refractivity contribution in [2.24, 2.45) is 0 Å². The van der Waals surface area contributed by atoms with Gasteiger partial charge in [-0.3, -0.25) is 20.2 Å². The molecule has 7 nitrogen and oxygen atoms in total. The van der Waals surface area contributed by atoms with E-state index in [1.54, 1.807) is 47.9 Å². The minimum atomic E-state index is -0.461. The monoisotopic (exact) mass is 444 g/mol. The van der Waals surface area contributed by atoms with Gasteiger partial charge in [0.05, 0.1) is 10.6 Å². The zero-order valence-electron chi connectivity index (χ0n) is 14.7. The fourth-order valence-electron chi connectivity index (χ4n) is 2.27. The largest absolute Gasteiger partial charge is 0.308 e. The molecule has 1 amide bonds. The predicted molar refractivity (Wildman–Crippen MR) is 119 cm³/mol. The van der Waals surface area contributed by atoms with E-state index < -0.39 is 10.8 Å². The molecule has 0 saturated heterocycles. The number of nitro benzene ring substituents is 1. The molecule has 3 aromatic rings. The number of amides is 1. The average molecular weight is 445 g/mol. The van der Waals surface area contributed by atoms with Crippen LogP contribution in [0.5, 0.6) is 0 Å². The summed E-state index contributed by atoms with van der Waals surface area (Å²) in [7, 11) is 0. The maximum atomic E-state index is 12.0. The number of halogens is 1. The van der Waals surface area contributed by atoms with E-state index in [2.05, 4.69) is 15.6 Å². The van der Waals surface area contributed by atoms with Gasteiger partial charge >= 0.3 is 0 Å². The van der Waals surface area contributed by atoms with Crippen LogP contribution in [0.3, 0.4) is 0 Å². The van der Waals surface area contributed by atoms with Gasteiger partial charge in [0.15, 0.2) is 10.2 Å². The third-order valence-electron chi connectivity index (χ3n) is 3.61. The van der Waals surface area contributed by atoms with Gasteiger partial charge in [0.1, 0.15) is 0 Å². The number of nitro groups is 1. The number of hydrogen-bond donors (Lipinski definition) is 2. The van der Waals surface area contributed by atoms with E-state index in [-0.39, 0.29) is 10.8 Å². The molecule has 0 unspecified atom stereocenters. The average Bonchev–Trinajstić information content (AvgIpc) is 3.16. The van der Waals surface area contributed by atoms with Crippen LogP contribution in [0.2, 0.25) is 5.02 Å². The fourth-order valence-corrected chi connectivity index (χ4v) is 3.38. The summed E-state index contributed by atoms with van der Waals surface area (Å²) < 4.78 is 0. The van der Waals surface area contributed by atoms with Gasteiger partial charge in [0, 0.05) is 34.2 Å². The number of carbonyl (C=O) groups excluding carboxylic acids is 1. The molecule has 0 fully saturated rings. The molecular weight excluding hydrogens is 432 g/mol. The molecule has 0 radical (unpaired) electrons. The Balaban J connectivity index is 1.58. The maximum Gasteiger partial charge on any atom is 0.270 e. The van der Waals surface area contributed by atoms with E-state index in [0.717, 1.165) is 5.56 Å². The van der Waals surface area contributed by atoms with E-state index in [9.17, 15) is 14.9 Å². The molecule has 0 saturated carbocycles. The smallest absolute Gasteiger partial charge is 0.270 e. The number of rotatable bonds is 5. The molecule has 10 heteroatoms. The first-order chi connectivity index (χ1) is 13.9. The molecule has 146 valence electrons. The summed E-state index contributed by atoms with van der Waals surface area (Å²) in [6.45, 7) is 0. The molecule has 0 spiro atoms. The van der Waals surface area contributed by atoms with Gasteiger partial charge in [-0.25, -0.2) is 4.98 Å². The molecule has 0 aliphatic heterocycles. The molecule has 0 aliphatic carbocycles. The van der Waals surface area contributed by atoms with Crippen molar-refractivity contribution in [2.45, 2.75) is 0 Å². The van der Waals surface area contributed by atoms with Crippen LogP contribution in [0, 0.1) is 10.1 Å². The molecular formula is C19H13ClN4O3S2. The standard InChI is InChI=1S/C19H13ClN4O3S2/c20-14-7-4-12(5-8-14)6-9-17(25)22-18(28)23-19-21-16(11-29-19)13-2-1-3-15(10-13)24(26)27/h1-11H,(H2,21,22,23,25,28)/b9-6+. The molecule has 0 aliphatic rings. The number of hydrogen-bond acceptors (Lipinski definition) is 6. The van der Waals surface area contributed by atoms with E-state index in [0.29, 0.717) is 21.4 Å². The molecule has 1 heterocycles. The van der Waals surface area contributed by atoms with Gasteiger partial charge in [-0.15, -0.1) is 11.3 Å². The molecule has 0 atom stereocenters. The minimum absolute atomic E-state index is 0.0136. The number of aromatic nitrogens is 1. The van der Waals surface area contributed by atoms with E-state index >= 15 is 0 Å². The number of nitrogens with one attached hydrogen (secondary N) is 2. The summed E-state index contributed by atoms with van der Waals surface area (Å²) >= 11 is 12.2. The minimum Gasteiger partial charge on any atom is -0.308 e. The van der Waals surface area contributed by atoms with E-state index in [1.807, 2.05) is 0 Å². The summed E-state index contributed by atoms with van der Waals surface area (Å²) in [5.74, 6) is -0.395. The second kappa shape index (κ2) is 9.37. The SMILES string of the molecule is O=C(/C=C/c1ccc(Cl)cc1)NC(=S)Nc1nc(-c2cccc([N+](=O)[O-])c2)cs1. The van der Waals surface area contributed by atoms with Crippen LogP contribution in [0.1, 0.15) is 5.56 Å². The van der Waals surface area contributed by atoms with Crippen molar-refractivity contribution in [1.82, 2.24) is 10.3 Å². The summed E-state index contributed by atoms with van der Waals surface area (Å²) in [6.07, 6.45) is 2.99. The highest BCUT2D eigenvalue weighted by Gasteiger charge is 2.11. The van der Waals surface area contributed by atoms with Gasteiger partial charge in [0.25, 0.3) is 5.69 Å². The maximum absolute atomic E-state index is 12.0. The fraction of sp³-hybridized carbons (Fsp3) is 0. The lowest BCUT2D eigenvalue weighted by atomic mass is 10.1. The van der Waals surface area contributed by atoms with Gasteiger partial charge in [-0.1, -0.05) is 35.9 Å². The lowest BCUT2D eigenvalue weighted by molar-refractivity contribution is -0.384. The molecule has 3 rings (SSSR count).